The first-order valence-corrected chi connectivity index (χ1v) is 10.2. The normalized spacial score (nSPS) is 10.5. The molecule has 0 aliphatic heterocycles. The van der Waals surface area contributed by atoms with Gasteiger partial charge in [0, 0.05) is 16.2 Å². The van der Waals surface area contributed by atoms with Crippen molar-refractivity contribution in [3.63, 3.8) is 0 Å². The lowest BCUT2D eigenvalue weighted by molar-refractivity contribution is 0.0985. The molecule has 0 fully saturated rings. The van der Waals surface area contributed by atoms with Crippen molar-refractivity contribution < 1.29 is 9.53 Å². The summed E-state index contributed by atoms with van der Waals surface area (Å²) in [7, 11) is 0. The van der Waals surface area contributed by atoms with E-state index < -0.39 is 0 Å². The Morgan fingerprint density at radius 3 is 2.27 bits per heavy atom. The molecular formula is C22H18Br2O2. The molecule has 0 bridgehead atoms. The van der Waals surface area contributed by atoms with Gasteiger partial charge in [-0.2, -0.15) is 0 Å². The summed E-state index contributed by atoms with van der Waals surface area (Å²) in [5.41, 5.74) is 4.04. The zero-order chi connectivity index (χ0) is 18.4. The van der Waals surface area contributed by atoms with Crippen LogP contribution in [0.25, 0.3) is 11.1 Å². The van der Waals surface area contributed by atoms with Crippen LogP contribution >= 0.6 is 31.9 Å². The summed E-state index contributed by atoms with van der Waals surface area (Å²) >= 11 is 6.74. The van der Waals surface area contributed by atoms with Crippen LogP contribution in [0.3, 0.4) is 0 Å². The number of carbonyl (C=O) groups is 1. The Kier molecular flexibility index (Phi) is 6.64. The molecule has 0 spiro atoms. The molecule has 2 nitrogen and oxygen atoms in total. The second-order valence-electron chi connectivity index (χ2n) is 5.85. The van der Waals surface area contributed by atoms with Crippen LogP contribution in [0, 0.1) is 0 Å². The van der Waals surface area contributed by atoms with Gasteiger partial charge in [-0.15, -0.1) is 0 Å². The van der Waals surface area contributed by atoms with E-state index in [2.05, 4.69) is 68.3 Å². The van der Waals surface area contributed by atoms with Gasteiger partial charge in [0.1, 0.15) is 12.4 Å². The van der Waals surface area contributed by atoms with Gasteiger partial charge in [-0.25, -0.2) is 0 Å². The number of hydrogen-bond donors (Lipinski definition) is 0. The molecule has 0 N–H and O–H groups in total. The molecule has 0 aromatic heterocycles. The maximum atomic E-state index is 12.3. The van der Waals surface area contributed by atoms with Gasteiger partial charge in [0.05, 0.1) is 5.56 Å². The van der Waals surface area contributed by atoms with Crippen molar-refractivity contribution in [1.29, 1.82) is 0 Å². The topological polar surface area (TPSA) is 26.3 Å². The molecule has 0 radical (unpaired) electrons. The monoisotopic (exact) mass is 472 g/mol. The molecule has 132 valence electrons. The Morgan fingerprint density at radius 1 is 0.885 bits per heavy atom. The average Bonchev–Trinajstić information content (AvgIpc) is 2.68. The second-order valence-corrected chi connectivity index (χ2v) is 7.56. The van der Waals surface area contributed by atoms with E-state index in [-0.39, 0.29) is 5.78 Å². The summed E-state index contributed by atoms with van der Waals surface area (Å²) in [6.45, 7) is 0.422. The molecule has 3 aromatic carbocycles. The Balaban J connectivity index is 1.72. The zero-order valence-electron chi connectivity index (χ0n) is 14.1. The van der Waals surface area contributed by atoms with Crippen LogP contribution in [-0.2, 0) is 6.61 Å². The fourth-order valence-corrected chi connectivity index (χ4v) is 3.37. The maximum absolute atomic E-state index is 12.3. The number of carbonyl (C=O) groups excluding carboxylic acids is 1. The first-order valence-electron chi connectivity index (χ1n) is 8.33. The van der Waals surface area contributed by atoms with Crippen LogP contribution in [0.4, 0.5) is 0 Å². The molecule has 3 aromatic rings. The van der Waals surface area contributed by atoms with Gasteiger partial charge in [0.25, 0.3) is 0 Å². The van der Waals surface area contributed by atoms with E-state index in [1.807, 2.05) is 36.4 Å². The first-order chi connectivity index (χ1) is 12.7. The molecule has 0 atom stereocenters. The molecule has 4 heteroatoms. The standard InChI is InChI=1S/C22H18Br2O2/c23-13-12-21(25)20-14-19(24)10-11-22(20)26-15-16-6-8-18(9-7-16)17-4-2-1-3-5-17/h1-11,14H,12-13,15H2. The minimum atomic E-state index is 0.0672. The predicted octanol–water partition coefficient (Wildman–Crippen LogP) is 6.66. The largest absolute Gasteiger partial charge is 0.488 e. The summed E-state index contributed by atoms with van der Waals surface area (Å²) in [5.74, 6) is 0.684. The number of Topliss-reactive ketones (excluding diaryl/α,β-unsaturated/α-hetero) is 1. The average molecular weight is 474 g/mol. The van der Waals surface area contributed by atoms with Gasteiger partial charge in [-0.1, -0.05) is 86.5 Å². The highest BCUT2D eigenvalue weighted by Crippen LogP contribution is 2.26. The van der Waals surface area contributed by atoms with Gasteiger partial charge in [0.2, 0.25) is 0 Å². The maximum Gasteiger partial charge on any atom is 0.167 e. The van der Waals surface area contributed by atoms with Crippen molar-refractivity contribution >= 4 is 37.6 Å². The second kappa shape index (κ2) is 9.15. The highest BCUT2D eigenvalue weighted by molar-refractivity contribution is 9.10. The highest BCUT2D eigenvalue weighted by Gasteiger charge is 2.13. The van der Waals surface area contributed by atoms with Crippen molar-refractivity contribution in [2.24, 2.45) is 0 Å². The van der Waals surface area contributed by atoms with E-state index in [1.165, 1.54) is 11.1 Å². The summed E-state index contributed by atoms with van der Waals surface area (Å²) in [5, 5.41) is 0.638. The van der Waals surface area contributed by atoms with E-state index >= 15 is 0 Å². The Labute approximate surface area is 170 Å². The van der Waals surface area contributed by atoms with Crippen molar-refractivity contribution in [1.82, 2.24) is 0 Å². The Hall–Kier alpha value is -1.91. The predicted molar refractivity (Wildman–Crippen MR) is 113 cm³/mol. The van der Waals surface area contributed by atoms with Gasteiger partial charge >= 0.3 is 0 Å². The minimum Gasteiger partial charge on any atom is -0.488 e. The quantitative estimate of drug-likeness (QED) is 0.283. The zero-order valence-corrected chi connectivity index (χ0v) is 17.3. The number of benzene rings is 3. The van der Waals surface area contributed by atoms with Crippen molar-refractivity contribution in [3.8, 4) is 16.9 Å². The Bertz CT molecular complexity index is 874. The molecule has 3 rings (SSSR count). The fourth-order valence-electron chi connectivity index (χ4n) is 2.65. The van der Waals surface area contributed by atoms with Crippen LogP contribution in [-0.4, -0.2) is 11.1 Å². The third-order valence-corrected chi connectivity index (χ3v) is 4.91. The van der Waals surface area contributed by atoms with Gasteiger partial charge < -0.3 is 4.74 Å². The van der Waals surface area contributed by atoms with E-state index in [1.54, 1.807) is 0 Å². The third kappa shape index (κ3) is 4.83. The first kappa shape index (κ1) is 18.9. The SMILES string of the molecule is O=C(CCBr)c1cc(Br)ccc1OCc1ccc(-c2ccccc2)cc1. The minimum absolute atomic E-state index is 0.0672. The lowest BCUT2D eigenvalue weighted by atomic mass is 10.0. The summed E-state index contributed by atoms with van der Waals surface area (Å²) in [6.07, 6.45) is 0.443. The number of rotatable bonds is 7. The number of ether oxygens (including phenoxy) is 1. The van der Waals surface area contributed by atoms with Crippen molar-refractivity contribution in [3.05, 3.63) is 88.4 Å². The summed E-state index contributed by atoms with van der Waals surface area (Å²) < 4.78 is 6.80. The van der Waals surface area contributed by atoms with Crippen molar-refractivity contribution in [2.45, 2.75) is 13.0 Å². The van der Waals surface area contributed by atoms with E-state index in [9.17, 15) is 4.79 Å². The van der Waals surface area contributed by atoms with Gasteiger partial charge in [-0.05, 0) is 34.9 Å². The molecule has 0 amide bonds. The van der Waals surface area contributed by atoms with E-state index in [0.717, 1.165) is 10.0 Å². The van der Waals surface area contributed by atoms with Crippen LogP contribution in [0.15, 0.2) is 77.3 Å². The van der Waals surface area contributed by atoms with Crippen LogP contribution < -0.4 is 4.74 Å². The molecule has 0 aliphatic rings. The van der Waals surface area contributed by atoms with Crippen molar-refractivity contribution in [2.75, 3.05) is 5.33 Å². The smallest absolute Gasteiger partial charge is 0.167 e. The number of alkyl halides is 1. The van der Waals surface area contributed by atoms with Crippen LogP contribution in [0.1, 0.15) is 22.3 Å². The number of halogens is 2. The van der Waals surface area contributed by atoms with Crippen LogP contribution in [0.5, 0.6) is 5.75 Å². The number of hydrogen-bond acceptors (Lipinski definition) is 2. The molecule has 26 heavy (non-hydrogen) atoms. The fraction of sp³-hybridized carbons (Fsp3) is 0.136. The highest BCUT2D eigenvalue weighted by atomic mass is 79.9. The molecule has 0 aliphatic carbocycles. The van der Waals surface area contributed by atoms with Crippen LogP contribution in [0.2, 0.25) is 0 Å². The Morgan fingerprint density at radius 2 is 1.58 bits per heavy atom. The number of ketones is 1. The lowest BCUT2D eigenvalue weighted by Gasteiger charge is -2.12. The molecule has 0 heterocycles. The summed E-state index contributed by atoms with van der Waals surface area (Å²) in [4.78, 5) is 12.3. The molecule has 0 saturated heterocycles. The summed E-state index contributed by atoms with van der Waals surface area (Å²) in [6, 6.07) is 24.1. The van der Waals surface area contributed by atoms with Gasteiger partial charge in [0.15, 0.2) is 5.78 Å². The van der Waals surface area contributed by atoms with Gasteiger partial charge in [-0.3, -0.25) is 4.79 Å². The lowest BCUT2D eigenvalue weighted by Crippen LogP contribution is -2.05. The van der Waals surface area contributed by atoms with E-state index in [0.29, 0.717) is 29.7 Å². The third-order valence-electron chi connectivity index (χ3n) is 4.02. The molecule has 0 saturated carbocycles. The molecular weight excluding hydrogens is 456 g/mol. The van der Waals surface area contributed by atoms with E-state index in [4.69, 9.17) is 4.74 Å². The molecule has 0 unspecified atom stereocenters.